The van der Waals surface area contributed by atoms with Gasteiger partial charge in [0, 0.05) is 12.6 Å². The summed E-state index contributed by atoms with van der Waals surface area (Å²) in [5.74, 6) is -0.410. The summed E-state index contributed by atoms with van der Waals surface area (Å²) < 4.78 is 32.0. The number of ether oxygens (including phenoxy) is 1. The quantitative estimate of drug-likeness (QED) is 0.770. The average Bonchev–Trinajstić information content (AvgIpc) is 2.67. The molecule has 1 aliphatic rings. The molecule has 0 radical (unpaired) electrons. The molecule has 1 aromatic carbocycles. The van der Waals surface area contributed by atoms with Crippen LogP contribution in [0.15, 0.2) is 18.2 Å². The zero-order chi connectivity index (χ0) is 19.9. The fraction of sp³-hybridized carbons (Fsp3) is 0.632. The number of nitrogens with zero attached hydrogens (tertiary/aromatic N) is 1. The van der Waals surface area contributed by atoms with E-state index >= 15 is 0 Å². The Labute approximate surface area is 155 Å². The maximum Gasteiger partial charge on any atom is 0.495 e. The first-order chi connectivity index (χ1) is 11.7. The van der Waals surface area contributed by atoms with Crippen molar-refractivity contribution in [2.24, 2.45) is 0 Å². The third kappa shape index (κ3) is 4.38. The molecule has 0 atom stereocenters. The third-order valence-corrected chi connectivity index (χ3v) is 4.76. The highest BCUT2D eigenvalue weighted by atomic mass is 19.1. The SMILES string of the molecule is CN(Cc1c(F)cccc1B1OC(C)(C)C(C)(C)O1)C(=O)OC(C)(C)C. The summed E-state index contributed by atoms with van der Waals surface area (Å²) in [6, 6.07) is 4.75. The standard InChI is InChI=1S/C19H29BFNO4/c1-17(2,3)24-16(23)22(8)12-13-14(10-9-11-15(13)21)20-25-18(4,5)19(6,7)26-20/h9-11H,12H2,1-8H3. The van der Waals surface area contributed by atoms with Gasteiger partial charge in [0.25, 0.3) is 0 Å². The maximum absolute atomic E-state index is 14.6. The monoisotopic (exact) mass is 365 g/mol. The van der Waals surface area contributed by atoms with E-state index in [0.717, 1.165) is 0 Å². The minimum Gasteiger partial charge on any atom is -0.444 e. The maximum atomic E-state index is 14.6. The number of amides is 1. The number of carbonyl (C=O) groups is 1. The molecule has 7 heteroatoms. The number of rotatable bonds is 3. The molecule has 1 heterocycles. The van der Waals surface area contributed by atoms with Crippen molar-refractivity contribution < 1.29 is 23.2 Å². The summed E-state index contributed by atoms with van der Waals surface area (Å²) in [4.78, 5) is 13.6. The summed E-state index contributed by atoms with van der Waals surface area (Å²) in [7, 11) is 0.881. The van der Waals surface area contributed by atoms with Crippen LogP contribution in [0.5, 0.6) is 0 Å². The van der Waals surface area contributed by atoms with Gasteiger partial charge in [0.15, 0.2) is 0 Å². The van der Waals surface area contributed by atoms with Crippen LogP contribution in [-0.2, 0) is 20.6 Å². The van der Waals surface area contributed by atoms with Crippen molar-refractivity contribution in [3.8, 4) is 0 Å². The van der Waals surface area contributed by atoms with Gasteiger partial charge < -0.3 is 18.9 Å². The molecule has 0 aliphatic carbocycles. The van der Waals surface area contributed by atoms with Gasteiger partial charge in [0.05, 0.1) is 17.7 Å². The van der Waals surface area contributed by atoms with Gasteiger partial charge in [-0.15, -0.1) is 0 Å². The Hall–Kier alpha value is -1.60. The normalized spacial score (nSPS) is 18.7. The number of carbonyl (C=O) groups excluding carboxylic acids is 1. The van der Waals surface area contributed by atoms with Crippen LogP contribution in [0.4, 0.5) is 9.18 Å². The van der Waals surface area contributed by atoms with Crippen LogP contribution >= 0.6 is 0 Å². The molecule has 144 valence electrons. The Balaban J connectivity index is 2.27. The largest absolute Gasteiger partial charge is 0.495 e. The lowest BCUT2D eigenvalue weighted by molar-refractivity contribution is 0.00578. The molecule has 0 spiro atoms. The fourth-order valence-electron chi connectivity index (χ4n) is 2.57. The summed E-state index contributed by atoms with van der Waals surface area (Å²) in [5.41, 5.74) is -0.732. The van der Waals surface area contributed by atoms with E-state index in [4.69, 9.17) is 14.0 Å². The number of benzene rings is 1. The summed E-state index contributed by atoms with van der Waals surface area (Å²) in [5, 5.41) is 0. The van der Waals surface area contributed by atoms with Crippen LogP contribution in [0.1, 0.15) is 54.0 Å². The molecule has 0 N–H and O–H groups in total. The first-order valence-electron chi connectivity index (χ1n) is 8.80. The van der Waals surface area contributed by atoms with E-state index in [1.165, 1.54) is 11.0 Å². The number of halogens is 1. The van der Waals surface area contributed by atoms with Gasteiger partial charge >= 0.3 is 13.2 Å². The zero-order valence-corrected chi connectivity index (χ0v) is 17.0. The Morgan fingerprint density at radius 1 is 1.19 bits per heavy atom. The second kappa shape index (κ2) is 6.85. The van der Waals surface area contributed by atoms with Crippen LogP contribution in [0, 0.1) is 5.82 Å². The molecule has 1 fully saturated rings. The Kier molecular flexibility index (Phi) is 5.46. The van der Waals surface area contributed by atoms with E-state index in [0.29, 0.717) is 11.0 Å². The van der Waals surface area contributed by atoms with Crippen LogP contribution in [0.25, 0.3) is 0 Å². The van der Waals surface area contributed by atoms with E-state index in [1.54, 1.807) is 40.0 Å². The van der Waals surface area contributed by atoms with Gasteiger partial charge in [-0.1, -0.05) is 12.1 Å². The molecule has 0 bridgehead atoms. The average molecular weight is 365 g/mol. The van der Waals surface area contributed by atoms with Gasteiger partial charge in [-0.25, -0.2) is 9.18 Å². The topological polar surface area (TPSA) is 48.0 Å². The van der Waals surface area contributed by atoms with Crippen molar-refractivity contribution in [3.05, 3.63) is 29.6 Å². The lowest BCUT2D eigenvalue weighted by atomic mass is 9.75. The Morgan fingerprint density at radius 2 is 1.73 bits per heavy atom. The second-order valence-electron chi connectivity index (χ2n) is 8.73. The predicted molar refractivity (Wildman–Crippen MR) is 99.8 cm³/mol. The van der Waals surface area contributed by atoms with Gasteiger partial charge in [-0.05, 0) is 60.0 Å². The smallest absolute Gasteiger partial charge is 0.444 e. The number of hydrogen-bond donors (Lipinski definition) is 0. The molecule has 1 aliphatic heterocycles. The van der Waals surface area contributed by atoms with E-state index < -0.39 is 35.8 Å². The molecule has 0 unspecified atom stereocenters. The highest BCUT2D eigenvalue weighted by molar-refractivity contribution is 6.62. The van der Waals surface area contributed by atoms with Gasteiger partial charge in [-0.3, -0.25) is 0 Å². The Morgan fingerprint density at radius 3 is 2.23 bits per heavy atom. The highest BCUT2D eigenvalue weighted by Crippen LogP contribution is 2.36. The Bertz CT molecular complexity index is 669. The van der Waals surface area contributed by atoms with Crippen LogP contribution in [0.3, 0.4) is 0 Å². The zero-order valence-electron chi connectivity index (χ0n) is 17.0. The van der Waals surface area contributed by atoms with Crippen LogP contribution < -0.4 is 5.46 Å². The number of hydrogen-bond acceptors (Lipinski definition) is 4. The minimum absolute atomic E-state index is 0.0565. The van der Waals surface area contributed by atoms with E-state index in [-0.39, 0.29) is 6.54 Å². The highest BCUT2D eigenvalue weighted by Gasteiger charge is 2.52. The molecule has 1 amide bonds. The lowest BCUT2D eigenvalue weighted by Gasteiger charge is -2.32. The van der Waals surface area contributed by atoms with Crippen molar-refractivity contribution in [1.82, 2.24) is 4.90 Å². The second-order valence-corrected chi connectivity index (χ2v) is 8.73. The molecule has 0 aromatic heterocycles. The van der Waals surface area contributed by atoms with Crippen molar-refractivity contribution in [2.75, 3.05) is 7.05 Å². The molecule has 2 rings (SSSR count). The van der Waals surface area contributed by atoms with Crippen molar-refractivity contribution in [3.63, 3.8) is 0 Å². The van der Waals surface area contributed by atoms with Gasteiger partial charge in [0.2, 0.25) is 0 Å². The van der Waals surface area contributed by atoms with E-state index in [1.807, 2.05) is 27.7 Å². The molecule has 26 heavy (non-hydrogen) atoms. The third-order valence-electron chi connectivity index (χ3n) is 4.76. The molecule has 5 nitrogen and oxygen atoms in total. The molecule has 1 aromatic rings. The summed E-state index contributed by atoms with van der Waals surface area (Å²) >= 11 is 0. The lowest BCUT2D eigenvalue weighted by Crippen LogP contribution is -2.41. The van der Waals surface area contributed by atoms with Gasteiger partial charge in [-0.2, -0.15) is 0 Å². The predicted octanol–water partition coefficient (Wildman–Crippen LogP) is 3.49. The molecule has 0 saturated carbocycles. The molecular formula is C19H29BFNO4. The van der Waals surface area contributed by atoms with Crippen molar-refractivity contribution in [2.45, 2.75) is 71.8 Å². The van der Waals surface area contributed by atoms with Crippen LogP contribution in [0.2, 0.25) is 0 Å². The van der Waals surface area contributed by atoms with Crippen molar-refractivity contribution in [1.29, 1.82) is 0 Å². The molecule has 1 saturated heterocycles. The van der Waals surface area contributed by atoms with Gasteiger partial charge in [0.1, 0.15) is 11.4 Å². The van der Waals surface area contributed by atoms with Crippen molar-refractivity contribution >= 4 is 18.7 Å². The fourth-order valence-corrected chi connectivity index (χ4v) is 2.57. The van der Waals surface area contributed by atoms with Crippen LogP contribution in [-0.4, -0.2) is 42.0 Å². The first kappa shape index (κ1) is 20.7. The minimum atomic E-state index is -0.697. The first-order valence-corrected chi connectivity index (χ1v) is 8.80. The van der Waals surface area contributed by atoms with E-state index in [2.05, 4.69) is 0 Å². The summed E-state index contributed by atoms with van der Waals surface area (Å²) in [6.45, 7) is 13.2. The van der Waals surface area contributed by atoms with E-state index in [9.17, 15) is 9.18 Å². The molecular weight excluding hydrogens is 336 g/mol. The summed E-state index contributed by atoms with van der Waals surface area (Å²) in [6.07, 6.45) is -0.513.